The lowest BCUT2D eigenvalue weighted by molar-refractivity contribution is 0.0963. The number of nitrogens with zero attached hydrogens (tertiary/aromatic N) is 2. The van der Waals surface area contributed by atoms with Gasteiger partial charge in [0.05, 0.1) is 13.2 Å². The number of nitrogens with two attached hydrogens (primary N) is 1. The molecule has 1 heterocycles. The molecular weight excluding hydrogens is 387 g/mol. The van der Waals surface area contributed by atoms with Gasteiger partial charge in [-0.2, -0.15) is 0 Å². The first-order valence-corrected chi connectivity index (χ1v) is 10.0. The summed E-state index contributed by atoms with van der Waals surface area (Å²) < 4.78 is 23.7. The van der Waals surface area contributed by atoms with Crippen molar-refractivity contribution in [3.63, 3.8) is 0 Å². The summed E-state index contributed by atoms with van der Waals surface area (Å²) in [5.74, 6) is 1.32. The number of rotatable bonds is 6. The first-order valence-electron chi connectivity index (χ1n) is 10.0. The quantitative estimate of drug-likeness (QED) is 0.556. The zero-order valence-corrected chi connectivity index (χ0v) is 17.0. The lowest BCUT2D eigenvalue weighted by Crippen LogP contribution is -2.48. The molecule has 1 aliphatic rings. The zero-order chi connectivity index (χ0) is 21.3. The molecule has 30 heavy (non-hydrogen) atoms. The number of ether oxygens (including phenoxy) is 2. The minimum atomic E-state index is -0.300. The fraction of sp³-hybridized carbons (Fsp3) is 0.364. The van der Waals surface area contributed by atoms with Crippen LogP contribution in [0, 0.1) is 5.82 Å². The first kappa shape index (κ1) is 21.4. The maximum absolute atomic E-state index is 12.9. The molecule has 7 nitrogen and oxygen atoms in total. The molecule has 0 radical (unpaired) electrons. The first-order chi connectivity index (χ1) is 14.5. The largest absolute Gasteiger partial charge is 0.457 e. The Morgan fingerprint density at radius 2 is 1.73 bits per heavy atom. The molecule has 1 amide bonds. The number of carbonyl (C=O) groups is 1. The third kappa shape index (κ3) is 6.37. The summed E-state index contributed by atoms with van der Waals surface area (Å²) in [6.45, 7) is 3.90. The van der Waals surface area contributed by atoms with E-state index in [1.807, 2.05) is 24.3 Å². The molecular formula is C22H27FN4O3. The Morgan fingerprint density at radius 3 is 2.33 bits per heavy atom. The summed E-state index contributed by atoms with van der Waals surface area (Å²) in [7, 11) is 0. The van der Waals surface area contributed by atoms with Crippen molar-refractivity contribution >= 4 is 12.1 Å². The summed E-state index contributed by atoms with van der Waals surface area (Å²) in [6, 6.07) is 13.6. The number of benzene rings is 2. The minimum Gasteiger partial charge on any atom is -0.457 e. The Bertz CT molecular complexity index is 848. The monoisotopic (exact) mass is 414 g/mol. The molecule has 160 valence electrons. The minimum absolute atomic E-state index is 0.186. The second kappa shape index (κ2) is 10.5. The van der Waals surface area contributed by atoms with Crippen LogP contribution in [0.15, 0.2) is 53.5 Å². The molecule has 0 saturated carbocycles. The third-order valence-electron chi connectivity index (χ3n) is 4.78. The highest BCUT2D eigenvalue weighted by Gasteiger charge is 2.23. The van der Waals surface area contributed by atoms with Crippen LogP contribution in [0.25, 0.3) is 0 Å². The Labute approximate surface area is 175 Å². The van der Waals surface area contributed by atoms with Crippen LogP contribution in [0.1, 0.15) is 25.3 Å². The van der Waals surface area contributed by atoms with Crippen molar-refractivity contribution in [3.8, 4) is 11.5 Å². The van der Waals surface area contributed by atoms with Gasteiger partial charge in [0.15, 0.2) is 5.96 Å². The topological polar surface area (TPSA) is 89.2 Å². The van der Waals surface area contributed by atoms with Crippen molar-refractivity contribution in [1.82, 2.24) is 10.2 Å². The van der Waals surface area contributed by atoms with Gasteiger partial charge in [-0.05, 0) is 61.7 Å². The van der Waals surface area contributed by atoms with Gasteiger partial charge in [0.25, 0.3) is 0 Å². The van der Waals surface area contributed by atoms with Crippen molar-refractivity contribution in [3.05, 3.63) is 59.9 Å². The van der Waals surface area contributed by atoms with Crippen molar-refractivity contribution in [1.29, 1.82) is 0 Å². The maximum atomic E-state index is 12.9. The number of carbonyl (C=O) groups excluding carboxylic acids is 1. The Kier molecular flexibility index (Phi) is 7.48. The summed E-state index contributed by atoms with van der Waals surface area (Å²) in [4.78, 5) is 17.8. The molecule has 0 unspecified atom stereocenters. The lowest BCUT2D eigenvalue weighted by atomic mass is 10.1. The van der Waals surface area contributed by atoms with Crippen LogP contribution in [0.2, 0.25) is 0 Å². The number of likely N-dealkylation sites (tertiary alicyclic amines) is 1. The normalized spacial score (nSPS) is 15.0. The average Bonchev–Trinajstić information content (AvgIpc) is 2.75. The number of nitrogens with one attached hydrogen (secondary N) is 1. The van der Waals surface area contributed by atoms with E-state index < -0.39 is 0 Å². The molecule has 0 aliphatic carbocycles. The molecule has 0 atom stereocenters. The zero-order valence-electron chi connectivity index (χ0n) is 17.0. The molecule has 2 aromatic rings. The predicted molar refractivity (Wildman–Crippen MR) is 113 cm³/mol. The van der Waals surface area contributed by atoms with Gasteiger partial charge in [0.1, 0.15) is 17.3 Å². The smallest absolute Gasteiger partial charge is 0.409 e. The van der Waals surface area contributed by atoms with E-state index in [2.05, 4.69) is 10.3 Å². The summed E-state index contributed by atoms with van der Waals surface area (Å²) in [6.07, 6.45) is 1.33. The number of guanidine groups is 1. The number of aliphatic imine (C=N–C) groups is 1. The number of piperidine rings is 1. The summed E-state index contributed by atoms with van der Waals surface area (Å²) >= 11 is 0. The second-order valence-corrected chi connectivity index (χ2v) is 7.01. The molecule has 8 heteroatoms. The number of amides is 1. The van der Waals surface area contributed by atoms with E-state index in [0.29, 0.717) is 43.7 Å². The summed E-state index contributed by atoms with van der Waals surface area (Å²) in [5.41, 5.74) is 7.01. The van der Waals surface area contributed by atoms with Crippen molar-refractivity contribution in [2.24, 2.45) is 10.7 Å². The predicted octanol–water partition coefficient (Wildman–Crippen LogP) is 3.64. The molecule has 2 aromatic carbocycles. The van der Waals surface area contributed by atoms with Crippen LogP contribution in [0.3, 0.4) is 0 Å². The fourth-order valence-corrected chi connectivity index (χ4v) is 3.15. The van der Waals surface area contributed by atoms with Gasteiger partial charge >= 0.3 is 6.09 Å². The van der Waals surface area contributed by atoms with Gasteiger partial charge in [-0.15, -0.1) is 0 Å². The SMILES string of the molecule is CCOC(=O)N1CCC(NC(N)=NCc2ccc(Oc3ccc(F)cc3)cc2)CC1. The van der Waals surface area contributed by atoms with E-state index in [4.69, 9.17) is 15.2 Å². The lowest BCUT2D eigenvalue weighted by Gasteiger charge is -2.31. The third-order valence-corrected chi connectivity index (χ3v) is 4.78. The van der Waals surface area contributed by atoms with Crippen molar-refractivity contribution in [2.75, 3.05) is 19.7 Å². The van der Waals surface area contributed by atoms with Gasteiger partial charge < -0.3 is 25.4 Å². The van der Waals surface area contributed by atoms with E-state index in [9.17, 15) is 9.18 Å². The molecule has 1 saturated heterocycles. The number of halogens is 1. The highest BCUT2D eigenvalue weighted by Crippen LogP contribution is 2.22. The second-order valence-electron chi connectivity index (χ2n) is 7.01. The van der Waals surface area contributed by atoms with Crippen LogP contribution < -0.4 is 15.8 Å². The van der Waals surface area contributed by atoms with Gasteiger partial charge in [-0.3, -0.25) is 0 Å². The standard InChI is InChI=1S/C22H27FN4O3/c1-2-29-22(28)27-13-11-18(12-14-27)26-21(24)25-15-16-3-7-19(8-4-16)30-20-9-5-17(23)6-10-20/h3-10,18H,2,11-15H2,1H3,(H3,24,25,26). The molecule has 0 aromatic heterocycles. The highest BCUT2D eigenvalue weighted by molar-refractivity contribution is 5.78. The van der Waals surface area contributed by atoms with Crippen LogP contribution in [-0.4, -0.2) is 42.7 Å². The molecule has 1 fully saturated rings. The highest BCUT2D eigenvalue weighted by atomic mass is 19.1. The van der Waals surface area contributed by atoms with E-state index in [0.717, 1.165) is 18.4 Å². The van der Waals surface area contributed by atoms with Gasteiger partial charge in [0, 0.05) is 19.1 Å². The van der Waals surface area contributed by atoms with Crippen LogP contribution in [0.5, 0.6) is 11.5 Å². The van der Waals surface area contributed by atoms with Gasteiger partial charge in [-0.1, -0.05) is 12.1 Å². The molecule has 1 aliphatic heterocycles. The molecule has 3 N–H and O–H groups in total. The Hall–Kier alpha value is -3.29. The number of hydrogen-bond donors (Lipinski definition) is 2. The van der Waals surface area contributed by atoms with Crippen LogP contribution in [0.4, 0.5) is 9.18 Å². The molecule has 0 spiro atoms. The van der Waals surface area contributed by atoms with Gasteiger partial charge in [0.2, 0.25) is 0 Å². The number of hydrogen-bond acceptors (Lipinski definition) is 4. The Morgan fingerprint density at radius 1 is 1.13 bits per heavy atom. The Balaban J connectivity index is 1.44. The van der Waals surface area contributed by atoms with Crippen molar-refractivity contribution in [2.45, 2.75) is 32.4 Å². The molecule has 3 rings (SSSR count). The summed E-state index contributed by atoms with van der Waals surface area (Å²) in [5, 5.41) is 3.22. The van der Waals surface area contributed by atoms with E-state index >= 15 is 0 Å². The average molecular weight is 414 g/mol. The van der Waals surface area contributed by atoms with Gasteiger partial charge in [-0.25, -0.2) is 14.2 Å². The van der Waals surface area contributed by atoms with E-state index in [1.54, 1.807) is 24.0 Å². The fourth-order valence-electron chi connectivity index (χ4n) is 3.15. The van der Waals surface area contributed by atoms with E-state index in [-0.39, 0.29) is 18.0 Å². The van der Waals surface area contributed by atoms with Crippen molar-refractivity contribution < 1.29 is 18.7 Å². The van der Waals surface area contributed by atoms with E-state index in [1.165, 1.54) is 12.1 Å². The van der Waals surface area contributed by atoms with Crippen LogP contribution >= 0.6 is 0 Å². The van der Waals surface area contributed by atoms with Crippen LogP contribution in [-0.2, 0) is 11.3 Å². The maximum Gasteiger partial charge on any atom is 0.409 e. The molecule has 0 bridgehead atoms.